The lowest BCUT2D eigenvalue weighted by molar-refractivity contribution is -0.0467. The van der Waals surface area contributed by atoms with E-state index in [9.17, 15) is 4.79 Å². The Balaban J connectivity index is 2.03. The van der Waals surface area contributed by atoms with Crippen LogP contribution in [-0.4, -0.2) is 42.5 Å². The Hall–Kier alpha value is -1.19. The molecule has 2 rings (SSSR count). The predicted octanol–water partition coefficient (Wildman–Crippen LogP) is 1.98. The maximum absolute atomic E-state index is 12.1. The topological polar surface area (TPSA) is 29.5 Å². The molecule has 1 fully saturated rings. The fourth-order valence-corrected chi connectivity index (χ4v) is 2.07. The fourth-order valence-electron chi connectivity index (χ4n) is 2.07. The van der Waals surface area contributed by atoms with Crippen molar-refractivity contribution in [3.8, 4) is 0 Å². The van der Waals surface area contributed by atoms with Crippen molar-refractivity contribution < 1.29 is 9.53 Å². The Morgan fingerprint density at radius 3 is 2.71 bits per heavy atom. The number of carbonyl (C=O) groups excluding carboxylic acids is 1. The van der Waals surface area contributed by atoms with Gasteiger partial charge in [-0.15, -0.1) is 0 Å². The standard InChI is InChI=1S/C14H19NO2/c1-14(2)11-17-9-8-15(14)10-13(16)12-6-4-3-5-7-12/h3-7H,8-11H2,1-2H3. The number of ketones is 1. The highest BCUT2D eigenvalue weighted by atomic mass is 16.5. The molecule has 0 amide bonds. The van der Waals surface area contributed by atoms with Crippen molar-refractivity contribution in [2.24, 2.45) is 0 Å². The van der Waals surface area contributed by atoms with E-state index in [4.69, 9.17) is 4.74 Å². The van der Waals surface area contributed by atoms with Gasteiger partial charge in [0.2, 0.25) is 0 Å². The van der Waals surface area contributed by atoms with Crippen LogP contribution in [0.15, 0.2) is 30.3 Å². The largest absolute Gasteiger partial charge is 0.378 e. The van der Waals surface area contributed by atoms with Crippen LogP contribution >= 0.6 is 0 Å². The first-order valence-electron chi connectivity index (χ1n) is 6.01. The Kier molecular flexibility index (Phi) is 3.60. The molecule has 3 heteroatoms. The van der Waals surface area contributed by atoms with Gasteiger partial charge in [0, 0.05) is 17.6 Å². The van der Waals surface area contributed by atoms with Crippen molar-refractivity contribution in [2.75, 3.05) is 26.3 Å². The average molecular weight is 233 g/mol. The van der Waals surface area contributed by atoms with Crippen LogP contribution < -0.4 is 0 Å². The lowest BCUT2D eigenvalue weighted by Crippen LogP contribution is -2.54. The van der Waals surface area contributed by atoms with Crippen LogP contribution in [0.3, 0.4) is 0 Å². The van der Waals surface area contributed by atoms with Gasteiger partial charge in [-0.1, -0.05) is 30.3 Å². The average Bonchev–Trinajstić information content (AvgIpc) is 2.33. The van der Waals surface area contributed by atoms with Gasteiger partial charge < -0.3 is 4.74 Å². The van der Waals surface area contributed by atoms with Gasteiger partial charge in [-0.2, -0.15) is 0 Å². The van der Waals surface area contributed by atoms with Crippen LogP contribution in [0.4, 0.5) is 0 Å². The Morgan fingerprint density at radius 1 is 1.35 bits per heavy atom. The summed E-state index contributed by atoms with van der Waals surface area (Å²) in [7, 11) is 0. The number of rotatable bonds is 3. The molecule has 0 spiro atoms. The first kappa shape index (κ1) is 12.3. The lowest BCUT2D eigenvalue weighted by Gasteiger charge is -2.41. The molecule has 1 heterocycles. The van der Waals surface area contributed by atoms with Crippen LogP contribution in [0.2, 0.25) is 0 Å². The predicted molar refractivity (Wildman–Crippen MR) is 67.2 cm³/mol. The molecule has 0 saturated carbocycles. The van der Waals surface area contributed by atoms with Gasteiger partial charge >= 0.3 is 0 Å². The second-order valence-electron chi connectivity index (χ2n) is 5.08. The van der Waals surface area contributed by atoms with E-state index in [0.29, 0.717) is 19.8 Å². The monoisotopic (exact) mass is 233 g/mol. The molecular formula is C14H19NO2. The van der Waals surface area contributed by atoms with E-state index in [1.807, 2.05) is 30.3 Å². The first-order valence-corrected chi connectivity index (χ1v) is 6.01. The highest BCUT2D eigenvalue weighted by Crippen LogP contribution is 2.19. The van der Waals surface area contributed by atoms with Gasteiger partial charge in [-0.3, -0.25) is 9.69 Å². The van der Waals surface area contributed by atoms with Gasteiger partial charge in [0.15, 0.2) is 5.78 Å². The summed E-state index contributed by atoms with van der Waals surface area (Å²) in [5.74, 6) is 0.181. The maximum atomic E-state index is 12.1. The summed E-state index contributed by atoms with van der Waals surface area (Å²) in [5.41, 5.74) is 0.734. The maximum Gasteiger partial charge on any atom is 0.176 e. The lowest BCUT2D eigenvalue weighted by atomic mass is 10.0. The molecular weight excluding hydrogens is 214 g/mol. The van der Waals surface area contributed by atoms with Crippen molar-refractivity contribution in [3.05, 3.63) is 35.9 Å². The Labute approximate surface area is 102 Å². The SMILES string of the molecule is CC1(C)COCCN1CC(=O)c1ccccc1. The van der Waals surface area contributed by atoms with Crippen molar-refractivity contribution in [1.82, 2.24) is 4.90 Å². The molecule has 1 saturated heterocycles. The smallest absolute Gasteiger partial charge is 0.176 e. The molecule has 0 bridgehead atoms. The molecule has 0 atom stereocenters. The minimum atomic E-state index is -0.0529. The van der Waals surface area contributed by atoms with Crippen molar-refractivity contribution in [3.63, 3.8) is 0 Å². The van der Waals surface area contributed by atoms with Crippen LogP contribution in [0.1, 0.15) is 24.2 Å². The molecule has 1 aromatic carbocycles. The van der Waals surface area contributed by atoms with Crippen LogP contribution in [0, 0.1) is 0 Å². The third kappa shape index (κ3) is 2.93. The number of hydrogen-bond acceptors (Lipinski definition) is 3. The highest BCUT2D eigenvalue weighted by molar-refractivity contribution is 5.97. The first-order chi connectivity index (χ1) is 8.09. The third-order valence-electron chi connectivity index (χ3n) is 3.25. The van der Waals surface area contributed by atoms with E-state index >= 15 is 0 Å². The number of hydrogen-bond donors (Lipinski definition) is 0. The van der Waals surface area contributed by atoms with Gasteiger partial charge in [-0.25, -0.2) is 0 Å². The van der Waals surface area contributed by atoms with E-state index in [-0.39, 0.29) is 11.3 Å². The van der Waals surface area contributed by atoms with E-state index in [2.05, 4.69) is 18.7 Å². The number of ether oxygens (including phenoxy) is 1. The molecule has 0 aliphatic carbocycles. The van der Waals surface area contributed by atoms with Crippen molar-refractivity contribution in [1.29, 1.82) is 0 Å². The molecule has 1 aromatic rings. The number of carbonyl (C=O) groups is 1. The number of Topliss-reactive ketones (excluding diaryl/α,β-unsaturated/α-hetero) is 1. The number of benzene rings is 1. The second kappa shape index (κ2) is 4.98. The second-order valence-corrected chi connectivity index (χ2v) is 5.08. The molecule has 3 nitrogen and oxygen atoms in total. The zero-order chi connectivity index (χ0) is 12.3. The highest BCUT2D eigenvalue weighted by Gasteiger charge is 2.31. The van der Waals surface area contributed by atoms with Crippen LogP contribution in [0.25, 0.3) is 0 Å². The summed E-state index contributed by atoms with van der Waals surface area (Å²) < 4.78 is 5.45. The molecule has 1 aliphatic rings. The molecule has 0 N–H and O–H groups in total. The molecule has 1 aliphatic heterocycles. The Bertz CT molecular complexity index is 386. The van der Waals surface area contributed by atoms with Crippen LogP contribution in [0.5, 0.6) is 0 Å². The van der Waals surface area contributed by atoms with Crippen molar-refractivity contribution >= 4 is 5.78 Å². The molecule has 0 unspecified atom stereocenters. The number of morpholine rings is 1. The van der Waals surface area contributed by atoms with E-state index in [0.717, 1.165) is 12.1 Å². The summed E-state index contributed by atoms with van der Waals surface area (Å²) in [6.07, 6.45) is 0. The van der Waals surface area contributed by atoms with E-state index in [1.165, 1.54) is 0 Å². The third-order valence-corrected chi connectivity index (χ3v) is 3.25. The summed E-state index contributed by atoms with van der Waals surface area (Å²) in [5, 5.41) is 0. The molecule has 0 radical (unpaired) electrons. The summed E-state index contributed by atoms with van der Waals surface area (Å²) in [6, 6.07) is 9.47. The summed E-state index contributed by atoms with van der Waals surface area (Å²) in [6.45, 7) is 6.93. The van der Waals surface area contributed by atoms with Gasteiger partial charge in [0.25, 0.3) is 0 Å². The summed E-state index contributed by atoms with van der Waals surface area (Å²) >= 11 is 0. The Morgan fingerprint density at radius 2 is 2.06 bits per heavy atom. The van der Waals surface area contributed by atoms with E-state index in [1.54, 1.807) is 0 Å². The number of nitrogens with zero attached hydrogens (tertiary/aromatic N) is 1. The zero-order valence-corrected chi connectivity index (χ0v) is 10.5. The quantitative estimate of drug-likeness (QED) is 0.748. The molecule has 92 valence electrons. The van der Waals surface area contributed by atoms with Gasteiger partial charge in [-0.05, 0) is 13.8 Å². The van der Waals surface area contributed by atoms with Crippen LogP contribution in [-0.2, 0) is 4.74 Å². The molecule has 0 aromatic heterocycles. The molecule has 17 heavy (non-hydrogen) atoms. The zero-order valence-electron chi connectivity index (χ0n) is 10.5. The van der Waals surface area contributed by atoms with Gasteiger partial charge in [0.05, 0.1) is 19.8 Å². The fraction of sp³-hybridized carbons (Fsp3) is 0.500. The van der Waals surface area contributed by atoms with Crippen molar-refractivity contribution in [2.45, 2.75) is 19.4 Å². The summed E-state index contributed by atoms with van der Waals surface area (Å²) in [4.78, 5) is 14.3. The van der Waals surface area contributed by atoms with E-state index < -0.39 is 0 Å². The normalized spacial score (nSPS) is 20.1. The van der Waals surface area contributed by atoms with Gasteiger partial charge in [0.1, 0.15) is 0 Å². The minimum Gasteiger partial charge on any atom is -0.378 e. The minimum absolute atomic E-state index is 0.0529.